The highest BCUT2D eigenvalue weighted by molar-refractivity contribution is 4.96. The fourth-order valence-electron chi connectivity index (χ4n) is 7.18. The molecule has 0 heterocycles. The summed E-state index contributed by atoms with van der Waals surface area (Å²) in [5.41, 5.74) is 0. The molecular formula is C20H34. The molecule has 0 aliphatic heterocycles. The Kier molecular flexibility index (Phi) is 3.86. The summed E-state index contributed by atoms with van der Waals surface area (Å²) in [6, 6.07) is 0. The van der Waals surface area contributed by atoms with Gasteiger partial charge in [0.1, 0.15) is 0 Å². The lowest BCUT2D eigenvalue weighted by Crippen LogP contribution is -2.40. The van der Waals surface area contributed by atoms with Gasteiger partial charge in [-0.25, -0.2) is 0 Å². The van der Waals surface area contributed by atoms with Crippen molar-refractivity contribution in [2.24, 2.45) is 41.4 Å². The SMILES string of the molecule is CC1CC2CCCC(C3CCCC4CCCCC43)C2C1. The molecule has 0 N–H and O–H groups in total. The van der Waals surface area contributed by atoms with E-state index < -0.39 is 0 Å². The number of hydrogen-bond donors (Lipinski definition) is 0. The first-order chi connectivity index (χ1) is 9.83. The third-order valence-corrected chi connectivity index (χ3v) is 7.83. The van der Waals surface area contributed by atoms with Gasteiger partial charge < -0.3 is 0 Å². The highest BCUT2D eigenvalue weighted by atomic mass is 14.5. The van der Waals surface area contributed by atoms with Crippen molar-refractivity contribution in [2.45, 2.75) is 84.0 Å². The molecule has 0 saturated heterocycles. The molecule has 7 unspecified atom stereocenters. The number of fused-ring (bicyclic) bond motifs is 2. The molecule has 4 fully saturated rings. The van der Waals surface area contributed by atoms with Crippen LogP contribution >= 0.6 is 0 Å². The van der Waals surface area contributed by atoms with E-state index in [9.17, 15) is 0 Å². The molecule has 7 atom stereocenters. The lowest BCUT2D eigenvalue weighted by atomic mass is 9.57. The van der Waals surface area contributed by atoms with Gasteiger partial charge in [0.05, 0.1) is 0 Å². The van der Waals surface area contributed by atoms with Crippen molar-refractivity contribution >= 4 is 0 Å². The third kappa shape index (κ3) is 2.35. The van der Waals surface area contributed by atoms with Crippen molar-refractivity contribution in [1.82, 2.24) is 0 Å². The summed E-state index contributed by atoms with van der Waals surface area (Å²) >= 11 is 0. The van der Waals surface area contributed by atoms with Crippen LogP contribution in [-0.4, -0.2) is 0 Å². The molecule has 4 saturated carbocycles. The molecule has 0 aromatic rings. The molecule has 0 nitrogen and oxygen atoms in total. The Bertz CT molecular complexity index is 314. The van der Waals surface area contributed by atoms with Gasteiger partial charge in [0, 0.05) is 0 Å². The van der Waals surface area contributed by atoms with Gasteiger partial charge in [-0.1, -0.05) is 51.9 Å². The second-order valence-corrected chi connectivity index (χ2v) is 8.90. The van der Waals surface area contributed by atoms with Crippen LogP contribution < -0.4 is 0 Å². The van der Waals surface area contributed by atoms with E-state index in [1.165, 1.54) is 0 Å². The average molecular weight is 274 g/mol. The maximum absolute atomic E-state index is 2.53. The third-order valence-electron chi connectivity index (χ3n) is 7.83. The summed E-state index contributed by atoms with van der Waals surface area (Å²) in [5.74, 6) is 7.89. The minimum atomic E-state index is 1.04. The Balaban J connectivity index is 1.52. The average Bonchev–Trinajstić information content (AvgIpc) is 2.87. The van der Waals surface area contributed by atoms with Gasteiger partial charge in [-0.05, 0) is 73.5 Å². The van der Waals surface area contributed by atoms with Crippen LogP contribution in [0.3, 0.4) is 0 Å². The van der Waals surface area contributed by atoms with Gasteiger partial charge >= 0.3 is 0 Å². The molecule has 20 heavy (non-hydrogen) atoms. The highest BCUT2D eigenvalue weighted by Crippen LogP contribution is 2.56. The van der Waals surface area contributed by atoms with E-state index in [0.717, 1.165) is 41.4 Å². The van der Waals surface area contributed by atoms with Crippen molar-refractivity contribution in [3.63, 3.8) is 0 Å². The summed E-state index contributed by atoms with van der Waals surface area (Å²) in [7, 11) is 0. The van der Waals surface area contributed by atoms with Crippen LogP contribution in [0.15, 0.2) is 0 Å². The first-order valence-electron chi connectivity index (χ1n) is 9.83. The molecule has 4 aliphatic rings. The van der Waals surface area contributed by atoms with E-state index in [-0.39, 0.29) is 0 Å². The summed E-state index contributed by atoms with van der Waals surface area (Å²) < 4.78 is 0. The van der Waals surface area contributed by atoms with Crippen LogP contribution in [0.5, 0.6) is 0 Å². The molecule has 4 aliphatic carbocycles. The summed E-state index contributed by atoms with van der Waals surface area (Å²) in [6.45, 7) is 2.53. The monoisotopic (exact) mass is 274 g/mol. The minimum Gasteiger partial charge on any atom is -0.0625 e. The van der Waals surface area contributed by atoms with Crippen LogP contribution in [0.2, 0.25) is 0 Å². The highest BCUT2D eigenvalue weighted by Gasteiger charge is 2.46. The van der Waals surface area contributed by atoms with Crippen LogP contribution in [-0.2, 0) is 0 Å². The standard InChI is InChI=1S/C20H34/c1-14-12-16-8-5-11-19(20(16)13-14)18-10-4-7-15-6-2-3-9-17(15)18/h14-20H,2-13H2,1H3. The predicted octanol–water partition coefficient (Wildman–Crippen LogP) is 6.06. The predicted molar refractivity (Wildman–Crippen MR) is 85.5 cm³/mol. The lowest BCUT2D eigenvalue weighted by Gasteiger charge is -2.48. The number of hydrogen-bond acceptors (Lipinski definition) is 0. The zero-order chi connectivity index (χ0) is 13.5. The Labute approximate surface area is 126 Å². The van der Waals surface area contributed by atoms with Crippen LogP contribution in [0.1, 0.15) is 84.0 Å². The first-order valence-corrected chi connectivity index (χ1v) is 9.83. The van der Waals surface area contributed by atoms with Gasteiger partial charge in [-0.15, -0.1) is 0 Å². The second kappa shape index (κ2) is 5.65. The van der Waals surface area contributed by atoms with Gasteiger partial charge in [0.15, 0.2) is 0 Å². The van der Waals surface area contributed by atoms with Crippen LogP contribution in [0.25, 0.3) is 0 Å². The smallest absolute Gasteiger partial charge is 0.0352 e. The molecule has 0 aromatic heterocycles. The molecule has 114 valence electrons. The van der Waals surface area contributed by atoms with Crippen molar-refractivity contribution in [3.8, 4) is 0 Å². The maximum Gasteiger partial charge on any atom is -0.0352 e. The van der Waals surface area contributed by atoms with E-state index in [0.29, 0.717) is 0 Å². The first kappa shape index (κ1) is 13.6. The normalized spacial score (nSPS) is 52.4. The topological polar surface area (TPSA) is 0 Å². The van der Waals surface area contributed by atoms with E-state index >= 15 is 0 Å². The molecule has 0 aromatic carbocycles. The second-order valence-electron chi connectivity index (χ2n) is 8.90. The van der Waals surface area contributed by atoms with E-state index in [1.807, 2.05) is 0 Å². The quantitative estimate of drug-likeness (QED) is 0.545. The van der Waals surface area contributed by atoms with Gasteiger partial charge in [0.25, 0.3) is 0 Å². The van der Waals surface area contributed by atoms with E-state index in [2.05, 4.69) is 6.92 Å². The molecular weight excluding hydrogens is 240 g/mol. The fraction of sp³-hybridized carbons (Fsp3) is 1.00. The zero-order valence-corrected chi connectivity index (χ0v) is 13.5. The van der Waals surface area contributed by atoms with Crippen molar-refractivity contribution < 1.29 is 0 Å². The minimum absolute atomic E-state index is 1.04. The lowest BCUT2D eigenvalue weighted by molar-refractivity contribution is 0.0128. The zero-order valence-electron chi connectivity index (χ0n) is 13.5. The number of rotatable bonds is 1. The summed E-state index contributed by atoms with van der Waals surface area (Å²) in [6.07, 6.45) is 18.9. The Morgan fingerprint density at radius 1 is 0.500 bits per heavy atom. The Morgan fingerprint density at radius 2 is 1.10 bits per heavy atom. The molecule has 0 amide bonds. The van der Waals surface area contributed by atoms with Crippen LogP contribution in [0.4, 0.5) is 0 Å². The maximum atomic E-state index is 2.53. The Morgan fingerprint density at radius 3 is 1.95 bits per heavy atom. The van der Waals surface area contributed by atoms with Crippen LogP contribution in [0, 0.1) is 41.4 Å². The molecule has 0 spiro atoms. The van der Waals surface area contributed by atoms with E-state index in [4.69, 9.17) is 0 Å². The molecule has 4 rings (SSSR count). The molecule has 0 radical (unpaired) electrons. The molecule has 0 heteroatoms. The summed E-state index contributed by atoms with van der Waals surface area (Å²) in [4.78, 5) is 0. The summed E-state index contributed by atoms with van der Waals surface area (Å²) in [5, 5.41) is 0. The Hall–Kier alpha value is 0. The largest absolute Gasteiger partial charge is 0.0625 e. The fourth-order valence-corrected chi connectivity index (χ4v) is 7.18. The van der Waals surface area contributed by atoms with Gasteiger partial charge in [-0.2, -0.15) is 0 Å². The van der Waals surface area contributed by atoms with Crippen molar-refractivity contribution in [3.05, 3.63) is 0 Å². The van der Waals surface area contributed by atoms with E-state index in [1.54, 1.807) is 77.0 Å². The molecule has 0 bridgehead atoms. The van der Waals surface area contributed by atoms with Gasteiger partial charge in [0.2, 0.25) is 0 Å². The van der Waals surface area contributed by atoms with Crippen molar-refractivity contribution in [2.75, 3.05) is 0 Å². The van der Waals surface area contributed by atoms with Gasteiger partial charge in [-0.3, -0.25) is 0 Å². The van der Waals surface area contributed by atoms with Crippen molar-refractivity contribution in [1.29, 1.82) is 0 Å².